The highest BCUT2D eigenvalue weighted by Gasteiger charge is 2.37. The van der Waals surface area contributed by atoms with Gasteiger partial charge in [0.25, 0.3) is 0 Å². The first kappa shape index (κ1) is 13.1. The molecule has 0 saturated heterocycles. The van der Waals surface area contributed by atoms with Crippen LogP contribution in [0.5, 0.6) is 0 Å². The van der Waals surface area contributed by atoms with E-state index >= 15 is 0 Å². The number of aromatic nitrogens is 1. The molecule has 3 rings (SSSR count). The number of fused-ring (bicyclic) bond motifs is 1. The first-order chi connectivity index (χ1) is 9.08. The molecule has 1 aromatic heterocycles. The van der Waals surface area contributed by atoms with Gasteiger partial charge in [-0.3, -0.25) is 4.98 Å². The zero-order valence-corrected chi connectivity index (χ0v) is 13.0. The summed E-state index contributed by atoms with van der Waals surface area (Å²) in [4.78, 5) is 4.53. The maximum absolute atomic E-state index is 4.53. The van der Waals surface area contributed by atoms with Crippen molar-refractivity contribution in [3.63, 3.8) is 0 Å². The minimum atomic E-state index is 0.230. The molecule has 0 aliphatic heterocycles. The minimum Gasteiger partial charge on any atom is -0.307 e. The molecule has 1 fully saturated rings. The lowest BCUT2D eigenvalue weighted by Crippen LogP contribution is -2.40. The quantitative estimate of drug-likeness (QED) is 0.910. The van der Waals surface area contributed by atoms with Crippen LogP contribution in [0.1, 0.15) is 32.3 Å². The Bertz CT molecular complexity index is 603. The van der Waals surface area contributed by atoms with E-state index in [1.54, 1.807) is 0 Å². The summed E-state index contributed by atoms with van der Waals surface area (Å²) >= 11 is 3.59. The molecule has 1 aliphatic rings. The van der Waals surface area contributed by atoms with Gasteiger partial charge in [-0.05, 0) is 50.3 Å². The number of hydrogen-bond donors (Lipinski definition) is 1. The molecule has 0 spiro atoms. The Hall–Kier alpha value is -0.930. The Morgan fingerprint density at radius 1 is 1.32 bits per heavy atom. The molecule has 1 N–H and O–H groups in total. The van der Waals surface area contributed by atoms with Crippen LogP contribution in [0.15, 0.2) is 34.9 Å². The van der Waals surface area contributed by atoms with E-state index < -0.39 is 0 Å². The second-order valence-electron chi connectivity index (χ2n) is 5.96. The summed E-state index contributed by atoms with van der Waals surface area (Å²) in [6.45, 7) is 5.49. The molecule has 19 heavy (non-hydrogen) atoms. The van der Waals surface area contributed by atoms with E-state index in [0.717, 1.165) is 22.5 Å². The van der Waals surface area contributed by atoms with E-state index in [1.807, 2.05) is 12.3 Å². The third-order valence-electron chi connectivity index (χ3n) is 4.13. The third kappa shape index (κ3) is 2.67. The van der Waals surface area contributed by atoms with Gasteiger partial charge < -0.3 is 5.32 Å². The van der Waals surface area contributed by atoms with Gasteiger partial charge in [0.05, 0.1) is 5.52 Å². The number of pyridine rings is 1. The van der Waals surface area contributed by atoms with Gasteiger partial charge in [0.15, 0.2) is 0 Å². The summed E-state index contributed by atoms with van der Waals surface area (Å²) in [5.74, 6) is 0.835. The van der Waals surface area contributed by atoms with Gasteiger partial charge in [-0.2, -0.15) is 0 Å². The molecule has 0 bridgehead atoms. The van der Waals surface area contributed by atoms with Crippen LogP contribution in [-0.4, -0.2) is 10.5 Å². The molecule has 1 saturated carbocycles. The largest absolute Gasteiger partial charge is 0.307 e. The van der Waals surface area contributed by atoms with Gasteiger partial charge in [-0.25, -0.2) is 0 Å². The number of nitrogens with zero attached hydrogens (tertiary/aromatic N) is 1. The Morgan fingerprint density at radius 3 is 2.84 bits per heavy atom. The Morgan fingerprint density at radius 2 is 2.11 bits per heavy atom. The van der Waals surface area contributed by atoms with E-state index in [2.05, 4.69) is 58.3 Å². The molecule has 0 unspecified atom stereocenters. The van der Waals surface area contributed by atoms with E-state index in [9.17, 15) is 0 Å². The predicted molar refractivity (Wildman–Crippen MR) is 83.1 cm³/mol. The molecular formula is C16H19BrN2. The summed E-state index contributed by atoms with van der Waals surface area (Å²) in [5.41, 5.74) is 2.59. The molecule has 3 heteroatoms. The zero-order chi connectivity index (χ0) is 13.5. The summed E-state index contributed by atoms with van der Waals surface area (Å²) in [5, 5.41) is 4.88. The van der Waals surface area contributed by atoms with Crippen LogP contribution < -0.4 is 5.32 Å². The topological polar surface area (TPSA) is 24.9 Å². The highest BCUT2D eigenvalue weighted by molar-refractivity contribution is 9.10. The number of nitrogens with one attached hydrogen (secondary N) is 1. The van der Waals surface area contributed by atoms with Crippen molar-refractivity contribution in [2.24, 2.45) is 5.92 Å². The van der Waals surface area contributed by atoms with Crippen molar-refractivity contribution in [2.45, 2.75) is 38.8 Å². The van der Waals surface area contributed by atoms with Gasteiger partial charge in [0.1, 0.15) is 0 Å². The zero-order valence-electron chi connectivity index (χ0n) is 11.4. The maximum atomic E-state index is 4.53. The smallest absolute Gasteiger partial charge is 0.0758 e. The lowest BCUT2D eigenvalue weighted by Gasteiger charge is -2.26. The monoisotopic (exact) mass is 318 g/mol. The van der Waals surface area contributed by atoms with Crippen molar-refractivity contribution < 1.29 is 0 Å². The molecule has 0 amide bonds. The van der Waals surface area contributed by atoms with Crippen LogP contribution in [0.25, 0.3) is 10.9 Å². The lowest BCUT2D eigenvalue weighted by molar-refractivity contribution is 0.340. The fourth-order valence-electron chi connectivity index (χ4n) is 2.61. The molecule has 1 aromatic carbocycles. The van der Waals surface area contributed by atoms with Gasteiger partial charge in [0.2, 0.25) is 0 Å². The summed E-state index contributed by atoms with van der Waals surface area (Å²) in [6.07, 6.45) is 4.59. The molecule has 100 valence electrons. The maximum Gasteiger partial charge on any atom is 0.0758 e. The van der Waals surface area contributed by atoms with Crippen molar-refractivity contribution in [2.75, 3.05) is 0 Å². The average Bonchev–Trinajstić information content (AvgIpc) is 3.23. The van der Waals surface area contributed by atoms with Crippen molar-refractivity contribution in [1.82, 2.24) is 10.3 Å². The average molecular weight is 319 g/mol. The van der Waals surface area contributed by atoms with Gasteiger partial charge in [-0.15, -0.1) is 0 Å². The van der Waals surface area contributed by atoms with Crippen LogP contribution in [-0.2, 0) is 6.54 Å². The van der Waals surface area contributed by atoms with Crippen molar-refractivity contribution in [1.29, 1.82) is 0 Å². The molecule has 0 radical (unpaired) electrons. The van der Waals surface area contributed by atoms with Crippen LogP contribution in [0, 0.1) is 5.92 Å². The van der Waals surface area contributed by atoms with E-state index in [4.69, 9.17) is 0 Å². The summed E-state index contributed by atoms with van der Waals surface area (Å²) in [6, 6.07) is 8.38. The van der Waals surface area contributed by atoms with Crippen LogP contribution in [0.2, 0.25) is 0 Å². The number of rotatable bonds is 4. The van der Waals surface area contributed by atoms with Gasteiger partial charge in [-0.1, -0.05) is 28.1 Å². The molecule has 0 atom stereocenters. The number of benzene rings is 1. The number of halogens is 1. The summed E-state index contributed by atoms with van der Waals surface area (Å²) < 4.78 is 1.11. The normalized spacial score (nSPS) is 15.9. The van der Waals surface area contributed by atoms with E-state index in [0.29, 0.717) is 0 Å². The standard InChI is InChI=1S/C16H19BrN2/c1-16(2,12-6-7-12)19-10-11-5-8-14(17)13-4-3-9-18-15(11)13/h3-5,8-9,12,19H,6-7,10H2,1-2H3. The van der Waals surface area contributed by atoms with Crippen molar-refractivity contribution >= 4 is 26.8 Å². The number of hydrogen-bond acceptors (Lipinski definition) is 2. The SMILES string of the molecule is CC(C)(NCc1ccc(Br)c2cccnc12)C1CC1. The molecule has 1 heterocycles. The lowest BCUT2D eigenvalue weighted by atomic mass is 9.98. The first-order valence-electron chi connectivity index (χ1n) is 6.85. The highest BCUT2D eigenvalue weighted by atomic mass is 79.9. The van der Waals surface area contributed by atoms with Crippen molar-refractivity contribution in [3.8, 4) is 0 Å². The first-order valence-corrected chi connectivity index (χ1v) is 7.64. The fraction of sp³-hybridized carbons (Fsp3) is 0.438. The van der Waals surface area contributed by atoms with Crippen LogP contribution in [0.3, 0.4) is 0 Å². The third-order valence-corrected chi connectivity index (χ3v) is 4.82. The second-order valence-corrected chi connectivity index (χ2v) is 6.81. The van der Waals surface area contributed by atoms with E-state index in [1.165, 1.54) is 23.8 Å². The summed E-state index contributed by atoms with van der Waals surface area (Å²) in [7, 11) is 0. The molecular weight excluding hydrogens is 300 g/mol. The Kier molecular flexibility index (Phi) is 3.35. The Balaban J connectivity index is 1.87. The van der Waals surface area contributed by atoms with Crippen LogP contribution in [0.4, 0.5) is 0 Å². The van der Waals surface area contributed by atoms with Gasteiger partial charge in [0, 0.05) is 28.1 Å². The highest BCUT2D eigenvalue weighted by Crippen LogP contribution is 2.39. The van der Waals surface area contributed by atoms with E-state index in [-0.39, 0.29) is 5.54 Å². The molecule has 2 nitrogen and oxygen atoms in total. The predicted octanol–water partition coefficient (Wildman–Crippen LogP) is 4.28. The minimum absolute atomic E-state index is 0.230. The fourth-order valence-corrected chi connectivity index (χ4v) is 3.06. The molecule has 2 aromatic rings. The van der Waals surface area contributed by atoms with Crippen molar-refractivity contribution in [3.05, 3.63) is 40.5 Å². The van der Waals surface area contributed by atoms with Crippen LogP contribution >= 0.6 is 15.9 Å². The Labute approximate surface area is 122 Å². The second kappa shape index (κ2) is 4.88. The molecule has 1 aliphatic carbocycles. The van der Waals surface area contributed by atoms with Gasteiger partial charge >= 0.3 is 0 Å².